The maximum atomic E-state index is 6.88. The van der Waals surface area contributed by atoms with Crippen LogP contribution in [0.2, 0.25) is 5.02 Å². The minimum Gasteiger partial charge on any atom is -0.481 e. The van der Waals surface area contributed by atoms with E-state index in [0.29, 0.717) is 5.88 Å². The molecule has 1 aromatic heterocycles. The van der Waals surface area contributed by atoms with Gasteiger partial charge in [-0.05, 0) is 60.4 Å². The van der Waals surface area contributed by atoms with E-state index in [-0.39, 0.29) is 18.1 Å². The van der Waals surface area contributed by atoms with Gasteiger partial charge in [0.25, 0.3) is 0 Å². The van der Waals surface area contributed by atoms with Gasteiger partial charge < -0.3 is 14.2 Å². The van der Waals surface area contributed by atoms with Crippen molar-refractivity contribution >= 4 is 28.9 Å². The maximum absolute atomic E-state index is 6.88. The van der Waals surface area contributed by atoms with Gasteiger partial charge in [-0.1, -0.05) is 90.5 Å². The number of allylic oxidation sites excluding steroid dienone is 1. The second kappa shape index (κ2) is 12.0. The Morgan fingerprint density at radius 2 is 1.61 bits per heavy atom. The Bertz CT molecular complexity index is 1490. The monoisotopic (exact) mass is 583 g/mol. The van der Waals surface area contributed by atoms with Crippen molar-refractivity contribution in [3.63, 3.8) is 0 Å². The van der Waals surface area contributed by atoms with Crippen molar-refractivity contribution in [2.75, 3.05) is 13.4 Å². The molecule has 1 aliphatic heterocycles. The largest absolute Gasteiger partial charge is 0.481 e. The highest BCUT2D eigenvalue weighted by molar-refractivity contribution is 7.98. The Morgan fingerprint density at radius 3 is 2.20 bits per heavy atom. The lowest BCUT2D eigenvalue weighted by Crippen LogP contribution is -2.26. The number of aromatic nitrogens is 1. The SMILES string of the molecule is COc1nc(C(=C[C@H]2CCC3(C2)O[C@H](c2ccccc2)[C@@H](c2ccccc2)O3)c2ccc(SC)c(Cl)c2)ccc1C. The van der Waals surface area contributed by atoms with Gasteiger partial charge in [0, 0.05) is 28.9 Å². The predicted molar refractivity (Wildman–Crippen MR) is 166 cm³/mol. The Morgan fingerprint density at radius 1 is 0.951 bits per heavy atom. The average Bonchev–Trinajstić information content (AvgIpc) is 3.59. The van der Waals surface area contributed by atoms with Crippen LogP contribution in [0.5, 0.6) is 5.88 Å². The molecule has 0 radical (unpaired) electrons. The number of nitrogens with zero attached hydrogens (tertiary/aromatic N) is 1. The molecule has 1 spiro atoms. The molecule has 41 heavy (non-hydrogen) atoms. The topological polar surface area (TPSA) is 40.6 Å². The minimum atomic E-state index is -0.647. The first-order valence-corrected chi connectivity index (χ1v) is 15.6. The fraction of sp³-hybridized carbons (Fsp3) is 0.286. The summed E-state index contributed by atoms with van der Waals surface area (Å²) in [5.74, 6) is 0.220. The fourth-order valence-electron chi connectivity index (χ4n) is 6.02. The van der Waals surface area contributed by atoms with Gasteiger partial charge >= 0.3 is 0 Å². The van der Waals surface area contributed by atoms with E-state index in [1.54, 1.807) is 18.9 Å². The van der Waals surface area contributed by atoms with Crippen LogP contribution >= 0.6 is 23.4 Å². The quantitative estimate of drug-likeness (QED) is 0.203. The minimum absolute atomic E-state index is 0.165. The Labute approximate surface area is 251 Å². The lowest BCUT2D eigenvalue weighted by Gasteiger charge is -2.23. The molecule has 0 unspecified atom stereocenters. The van der Waals surface area contributed by atoms with Crippen LogP contribution in [0.1, 0.15) is 59.4 Å². The molecule has 0 N–H and O–H groups in total. The molecule has 2 fully saturated rings. The third kappa shape index (κ3) is 5.82. The van der Waals surface area contributed by atoms with E-state index in [1.807, 2.05) is 31.4 Å². The van der Waals surface area contributed by atoms with Crippen molar-refractivity contribution in [3.8, 4) is 5.88 Å². The number of thioether (sulfide) groups is 1. The number of benzene rings is 3. The van der Waals surface area contributed by atoms with E-state index in [9.17, 15) is 0 Å². The normalized spacial score (nSPS) is 21.9. The number of hydrogen-bond donors (Lipinski definition) is 0. The second-order valence-corrected chi connectivity index (χ2v) is 12.0. The smallest absolute Gasteiger partial charge is 0.216 e. The van der Waals surface area contributed by atoms with Crippen LogP contribution in [-0.2, 0) is 9.47 Å². The first-order chi connectivity index (χ1) is 20.0. The van der Waals surface area contributed by atoms with Gasteiger partial charge in [0.2, 0.25) is 5.88 Å². The molecule has 4 nitrogen and oxygen atoms in total. The Kier molecular flexibility index (Phi) is 8.23. The highest BCUT2D eigenvalue weighted by Crippen LogP contribution is 2.54. The van der Waals surface area contributed by atoms with E-state index >= 15 is 0 Å². The molecule has 6 rings (SSSR count). The Hall–Kier alpha value is -3.09. The van der Waals surface area contributed by atoms with Crippen LogP contribution in [0.4, 0.5) is 0 Å². The van der Waals surface area contributed by atoms with Gasteiger partial charge in [-0.2, -0.15) is 0 Å². The molecule has 1 saturated heterocycles. The number of rotatable bonds is 7. The van der Waals surface area contributed by atoms with E-state index in [2.05, 4.69) is 78.9 Å². The van der Waals surface area contributed by atoms with Gasteiger partial charge in [0.1, 0.15) is 12.2 Å². The van der Waals surface area contributed by atoms with Gasteiger partial charge in [-0.25, -0.2) is 4.98 Å². The highest BCUT2D eigenvalue weighted by Gasteiger charge is 2.52. The summed E-state index contributed by atoms with van der Waals surface area (Å²) in [5, 5.41) is 0.738. The summed E-state index contributed by atoms with van der Waals surface area (Å²) in [5.41, 5.74) is 6.20. The number of halogens is 1. The molecular weight excluding hydrogens is 550 g/mol. The summed E-state index contributed by atoms with van der Waals surface area (Å²) in [6.07, 6.45) is 6.58. The second-order valence-electron chi connectivity index (χ2n) is 10.8. The van der Waals surface area contributed by atoms with Gasteiger partial charge in [-0.15, -0.1) is 11.8 Å². The number of aryl methyl sites for hydroxylation is 1. The zero-order valence-corrected chi connectivity index (χ0v) is 25.1. The zero-order valence-electron chi connectivity index (χ0n) is 23.5. The standard InChI is InChI=1S/C35H34ClNO3S/c1-23-14-16-30(37-34(23)38-2)28(27-15-17-31(41-3)29(36)21-27)20-24-18-19-35(22-24)39-32(25-10-6-4-7-11-25)33(40-35)26-12-8-5-9-13-26/h4-17,20-21,24,32-33H,18-19,22H2,1-3H3/t24-,32-,33-/m1/s1. The summed E-state index contributed by atoms with van der Waals surface area (Å²) in [6.45, 7) is 2.00. The summed E-state index contributed by atoms with van der Waals surface area (Å²) < 4.78 is 19.3. The van der Waals surface area contributed by atoms with E-state index in [4.69, 9.17) is 30.8 Å². The van der Waals surface area contributed by atoms with Crippen LogP contribution in [0.3, 0.4) is 0 Å². The highest BCUT2D eigenvalue weighted by atomic mass is 35.5. The molecular formula is C35H34ClNO3S. The van der Waals surface area contributed by atoms with Crippen molar-refractivity contribution in [1.29, 1.82) is 0 Å². The number of methoxy groups -OCH3 is 1. The Balaban J connectivity index is 1.35. The third-order valence-corrected chi connectivity index (χ3v) is 9.29. The summed E-state index contributed by atoms with van der Waals surface area (Å²) >= 11 is 8.32. The molecule has 4 aromatic rings. The molecule has 3 aromatic carbocycles. The van der Waals surface area contributed by atoms with Crippen molar-refractivity contribution in [1.82, 2.24) is 4.98 Å². The first-order valence-electron chi connectivity index (χ1n) is 14.0. The lowest BCUT2D eigenvalue weighted by molar-refractivity contribution is -0.171. The van der Waals surface area contributed by atoms with Crippen molar-refractivity contribution in [2.24, 2.45) is 5.92 Å². The zero-order chi connectivity index (χ0) is 28.4. The van der Waals surface area contributed by atoms with Crippen LogP contribution in [0, 0.1) is 12.8 Å². The summed E-state index contributed by atoms with van der Waals surface area (Å²) in [6, 6.07) is 31.2. The van der Waals surface area contributed by atoms with Crippen LogP contribution in [0.25, 0.3) is 5.57 Å². The lowest BCUT2D eigenvalue weighted by atomic mass is 9.95. The van der Waals surface area contributed by atoms with Crippen LogP contribution < -0.4 is 4.74 Å². The van der Waals surface area contributed by atoms with E-state index < -0.39 is 5.79 Å². The number of pyridine rings is 1. The van der Waals surface area contributed by atoms with Crippen LogP contribution in [-0.4, -0.2) is 24.1 Å². The van der Waals surface area contributed by atoms with E-state index in [0.717, 1.165) is 62.7 Å². The van der Waals surface area contributed by atoms with Crippen molar-refractivity contribution in [3.05, 3.63) is 130 Å². The van der Waals surface area contributed by atoms with Crippen molar-refractivity contribution in [2.45, 2.75) is 49.1 Å². The average molecular weight is 584 g/mol. The van der Waals surface area contributed by atoms with Crippen LogP contribution in [0.15, 0.2) is 102 Å². The molecule has 0 amide bonds. The van der Waals surface area contributed by atoms with Crippen molar-refractivity contribution < 1.29 is 14.2 Å². The predicted octanol–water partition coefficient (Wildman–Crippen LogP) is 9.23. The fourth-order valence-corrected chi connectivity index (χ4v) is 6.89. The molecule has 0 bridgehead atoms. The first kappa shape index (κ1) is 28.0. The number of ether oxygens (including phenoxy) is 3. The van der Waals surface area contributed by atoms with Gasteiger partial charge in [0.15, 0.2) is 5.79 Å². The number of hydrogen-bond acceptors (Lipinski definition) is 5. The molecule has 2 heterocycles. The summed E-state index contributed by atoms with van der Waals surface area (Å²) in [4.78, 5) is 5.92. The maximum Gasteiger partial charge on any atom is 0.216 e. The molecule has 1 aliphatic carbocycles. The summed E-state index contributed by atoms with van der Waals surface area (Å²) in [7, 11) is 1.66. The molecule has 2 aliphatic rings. The van der Waals surface area contributed by atoms with E-state index in [1.165, 1.54) is 0 Å². The molecule has 1 saturated carbocycles. The molecule has 6 heteroatoms. The molecule has 3 atom stereocenters. The third-order valence-electron chi connectivity index (χ3n) is 8.07. The molecule has 210 valence electrons. The van der Waals surface area contributed by atoms with Gasteiger partial charge in [-0.3, -0.25) is 0 Å². The van der Waals surface area contributed by atoms with Gasteiger partial charge in [0.05, 0.1) is 17.8 Å².